The van der Waals surface area contributed by atoms with Crippen LogP contribution in [-0.2, 0) is 14.3 Å². The average molecular weight is 376 g/mol. The van der Waals surface area contributed by atoms with Gasteiger partial charge in [0.15, 0.2) is 5.82 Å². The van der Waals surface area contributed by atoms with Crippen LogP contribution in [0.5, 0.6) is 0 Å². The van der Waals surface area contributed by atoms with Crippen LogP contribution in [-0.4, -0.2) is 28.5 Å². The van der Waals surface area contributed by atoms with E-state index in [0.717, 1.165) is 24.3 Å². The zero-order valence-corrected chi connectivity index (χ0v) is 14.2. The van der Waals surface area contributed by atoms with Crippen LogP contribution in [0.1, 0.15) is 18.9 Å². The van der Waals surface area contributed by atoms with Crippen LogP contribution in [0, 0.1) is 10.1 Å². The van der Waals surface area contributed by atoms with Gasteiger partial charge in [0, 0.05) is 36.2 Å². The van der Waals surface area contributed by atoms with Gasteiger partial charge in [0.2, 0.25) is 0 Å². The number of rotatable bonds is 6. The molecule has 0 spiro atoms. The van der Waals surface area contributed by atoms with E-state index in [4.69, 9.17) is 8.71 Å². The third kappa shape index (κ3) is 3.73. The van der Waals surface area contributed by atoms with E-state index in [1.54, 1.807) is 6.07 Å². The van der Waals surface area contributed by atoms with Crippen molar-refractivity contribution in [3.63, 3.8) is 0 Å². The summed E-state index contributed by atoms with van der Waals surface area (Å²) in [4.78, 5) is 18.0. The molecule has 0 aliphatic carbocycles. The minimum absolute atomic E-state index is 0.155. The second kappa shape index (κ2) is 6.98. The van der Waals surface area contributed by atoms with Crippen LogP contribution >= 0.6 is 0 Å². The summed E-state index contributed by atoms with van der Waals surface area (Å²) in [5.41, 5.74) is 0.931. The lowest BCUT2D eigenvalue weighted by Crippen LogP contribution is -2.12. The van der Waals surface area contributed by atoms with Crippen molar-refractivity contribution in [1.82, 2.24) is 15.1 Å². The molecule has 0 unspecified atom stereocenters. The molecule has 11 heteroatoms. The second-order valence-electron chi connectivity index (χ2n) is 5.16. The van der Waals surface area contributed by atoms with Crippen molar-refractivity contribution in [3.05, 3.63) is 64.9 Å². The van der Waals surface area contributed by atoms with Crippen molar-refractivity contribution in [3.8, 4) is 11.3 Å². The normalized spacial score (nSPS) is 12.7. The summed E-state index contributed by atoms with van der Waals surface area (Å²) >= 11 is 0. The summed E-state index contributed by atoms with van der Waals surface area (Å²) in [6.07, 6.45) is 3.39. The fourth-order valence-electron chi connectivity index (χ4n) is 2.06. The fraction of sp³-hybridized carbons (Fsp3) is 0.133. The van der Waals surface area contributed by atoms with Gasteiger partial charge in [0.25, 0.3) is 15.8 Å². The Morgan fingerprint density at radius 3 is 2.35 bits per heavy atom. The summed E-state index contributed by atoms with van der Waals surface area (Å²) in [5, 5.41) is 14.4. The highest BCUT2D eigenvalue weighted by atomic mass is 32.2. The molecule has 0 aliphatic rings. The van der Waals surface area contributed by atoms with Gasteiger partial charge in [-0.3, -0.25) is 14.3 Å². The molecule has 0 N–H and O–H groups in total. The topological polar surface area (TPSA) is 138 Å². The van der Waals surface area contributed by atoms with Crippen LogP contribution in [0.15, 0.2) is 58.4 Å². The predicted molar refractivity (Wildman–Crippen MR) is 87.3 cm³/mol. The molecular weight excluding hydrogens is 364 g/mol. The van der Waals surface area contributed by atoms with E-state index in [2.05, 4.69) is 15.1 Å². The lowest BCUT2D eigenvalue weighted by Gasteiger charge is -2.12. The molecule has 0 saturated heterocycles. The third-order valence-corrected chi connectivity index (χ3v) is 4.77. The zero-order chi connectivity index (χ0) is 18.7. The maximum atomic E-state index is 12.3. The predicted octanol–water partition coefficient (Wildman–Crippen LogP) is 2.51. The Morgan fingerprint density at radius 2 is 1.81 bits per heavy atom. The number of benzene rings is 1. The Bertz CT molecular complexity index is 1000. The molecule has 2 heterocycles. The van der Waals surface area contributed by atoms with Gasteiger partial charge in [-0.2, -0.15) is 8.42 Å². The van der Waals surface area contributed by atoms with Crippen LogP contribution in [0.2, 0.25) is 0 Å². The first-order chi connectivity index (χ1) is 12.4. The molecule has 3 rings (SSSR count). The van der Waals surface area contributed by atoms with Crippen LogP contribution in [0.3, 0.4) is 0 Å². The second-order valence-corrected chi connectivity index (χ2v) is 6.73. The van der Waals surface area contributed by atoms with E-state index in [0.29, 0.717) is 11.3 Å². The van der Waals surface area contributed by atoms with E-state index in [1.165, 1.54) is 25.6 Å². The summed E-state index contributed by atoms with van der Waals surface area (Å²) in [7, 11) is -4.13. The highest BCUT2D eigenvalue weighted by molar-refractivity contribution is 7.86. The number of nitro groups is 1. The highest BCUT2D eigenvalue weighted by Gasteiger charge is 2.22. The largest absolute Gasteiger partial charge is 0.364 e. The summed E-state index contributed by atoms with van der Waals surface area (Å²) in [5.74, 6) is 0.155. The van der Waals surface area contributed by atoms with Gasteiger partial charge in [-0.15, -0.1) is 0 Å². The lowest BCUT2D eigenvalue weighted by atomic mass is 10.2. The van der Waals surface area contributed by atoms with Gasteiger partial charge in [0.05, 0.1) is 9.82 Å². The highest BCUT2D eigenvalue weighted by Crippen LogP contribution is 2.24. The first kappa shape index (κ1) is 17.6. The number of nitro benzene ring substituents is 1. The number of aromatic nitrogens is 3. The Kier molecular flexibility index (Phi) is 4.73. The van der Waals surface area contributed by atoms with Crippen molar-refractivity contribution >= 4 is 15.8 Å². The SMILES string of the molecule is C[C@H](OS(=O)(=O)c1ccc([N+](=O)[O-])cc1)c1ncc(-c2ccon2)cn1. The molecule has 10 nitrogen and oxygen atoms in total. The van der Waals surface area contributed by atoms with E-state index in [-0.39, 0.29) is 16.4 Å². The van der Waals surface area contributed by atoms with Gasteiger partial charge >= 0.3 is 0 Å². The standard InChI is InChI=1S/C15H12N4O6S/c1-10(15-16-8-11(9-17-15)14-6-7-24-18-14)25-26(22,23)13-4-2-12(3-5-13)19(20)21/h2-10H,1H3/t10-/m0/s1. The van der Waals surface area contributed by atoms with Crippen molar-refractivity contribution < 1.29 is 22.0 Å². The van der Waals surface area contributed by atoms with Crippen LogP contribution < -0.4 is 0 Å². The molecule has 1 atom stereocenters. The van der Waals surface area contributed by atoms with E-state index in [9.17, 15) is 18.5 Å². The molecule has 3 aromatic rings. The van der Waals surface area contributed by atoms with Crippen molar-refractivity contribution in [2.75, 3.05) is 0 Å². The van der Waals surface area contributed by atoms with Gasteiger partial charge in [-0.25, -0.2) is 9.97 Å². The van der Waals surface area contributed by atoms with Gasteiger partial charge in [0.1, 0.15) is 18.1 Å². The molecule has 0 saturated carbocycles. The molecular formula is C15H12N4O6S. The molecule has 134 valence electrons. The zero-order valence-electron chi connectivity index (χ0n) is 13.3. The van der Waals surface area contributed by atoms with Crippen molar-refractivity contribution in [1.29, 1.82) is 0 Å². The van der Waals surface area contributed by atoms with Gasteiger partial charge in [-0.05, 0) is 19.1 Å². The molecule has 1 aromatic carbocycles. The Morgan fingerprint density at radius 1 is 1.15 bits per heavy atom. The van der Waals surface area contributed by atoms with Crippen molar-refractivity contribution in [2.24, 2.45) is 0 Å². The van der Waals surface area contributed by atoms with E-state index in [1.807, 2.05) is 0 Å². The fourth-order valence-corrected chi connectivity index (χ4v) is 3.11. The minimum Gasteiger partial charge on any atom is -0.364 e. The monoisotopic (exact) mass is 376 g/mol. The Hall–Kier alpha value is -3.18. The minimum atomic E-state index is -4.13. The maximum absolute atomic E-state index is 12.3. The molecule has 0 aliphatic heterocycles. The molecule has 26 heavy (non-hydrogen) atoms. The molecule has 0 fully saturated rings. The first-order valence-corrected chi connectivity index (χ1v) is 8.68. The summed E-state index contributed by atoms with van der Waals surface area (Å²) in [6, 6.07) is 6.02. The average Bonchev–Trinajstić information content (AvgIpc) is 3.16. The van der Waals surface area contributed by atoms with Gasteiger partial charge in [-0.1, -0.05) is 5.16 Å². The number of hydrogen-bond donors (Lipinski definition) is 0. The number of non-ortho nitro benzene ring substituents is 1. The molecule has 0 amide bonds. The third-order valence-electron chi connectivity index (χ3n) is 3.38. The summed E-state index contributed by atoms with van der Waals surface area (Å²) in [6.45, 7) is 1.48. The van der Waals surface area contributed by atoms with E-state index < -0.39 is 21.1 Å². The smallest absolute Gasteiger partial charge is 0.297 e. The van der Waals surface area contributed by atoms with Crippen molar-refractivity contribution in [2.45, 2.75) is 17.9 Å². The lowest BCUT2D eigenvalue weighted by molar-refractivity contribution is -0.384. The molecule has 2 aromatic heterocycles. The molecule has 0 bridgehead atoms. The Labute approximate surface area is 147 Å². The Balaban J connectivity index is 1.75. The molecule has 0 radical (unpaired) electrons. The van der Waals surface area contributed by atoms with Crippen LogP contribution in [0.25, 0.3) is 11.3 Å². The number of hydrogen-bond acceptors (Lipinski definition) is 9. The first-order valence-electron chi connectivity index (χ1n) is 7.27. The van der Waals surface area contributed by atoms with E-state index >= 15 is 0 Å². The van der Waals surface area contributed by atoms with Gasteiger partial charge < -0.3 is 4.52 Å². The maximum Gasteiger partial charge on any atom is 0.297 e. The number of nitrogens with zero attached hydrogens (tertiary/aromatic N) is 4. The quantitative estimate of drug-likeness (QED) is 0.360. The van der Waals surface area contributed by atoms with Crippen LogP contribution in [0.4, 0.5) is 5.69 Å². The summed E-state index contributed by atoms with van der Waals surface area (Å²) < 4.78 is 34.4.